The monoisotopic (exact) mass is 457 g/mol. The van der Waals surface area contributed by atoms with Crippen molar-refractivity contribution in [2.45, 2.75) is 32.1 Å². The van der Waals surface area contributed by atoms with E-state index in [4.69, 9.17) is 12.2 Å². The van der Waals surface area contributed by atoms with E-state index in [1.807, 2.05) is 66.4 Å². The van der Waals surface area contributed by atoms with Gasteiger partial charge in [-0.15, -0.1) is 0 Å². The summed E-state index contributed by atoms with van der Waals surface area (Å²) in [5, 5.41) is 5.93. The van der Waals surface area contributed by atoms with Crippen LogP contribution in [0.2, 0.25) is 0 Å². The van der Waals surface area contributed by atoms with Crippen LogP contribution in [0.15, 0.2) is 60.7 Å². The molecule has 1 aliphatic rings. The Morgan fingerprint density at radius 3 is 2.44 bits per heavy atom. The number of hydrogen-bond donors (Lipinski definition) is 2. The van der Waals surface area contributed by atoms with Gasteiger partial charge in [-0.25, -0.2) is 4.98 Å². The van der Waals surface area contributed by atoms with E-state index in [1.54, 1.807) is 0 Å². The number of nitrogens with zero attached hydrogens (tertiary/aromatic N) is 3. The summed E-state index contributed by atoms with van der Waals surface area (Å²) in [6, 6.07) is 18.4. The number of fused-ring (bicyclic) bond motifs is 1. The van der Waals surface area contributed by atoms with E-state index in [-0.39, 0.29) is 22.9 Å². The molecule has 0 unspecified atom stereocenters. The Labute approximate surface area is 189 Å². The van der Waals surface area contributed by atoms with Crippen molar-refractivity contribution < 1.29 is 13.2 Å². The molecule has 0 saturated heterocycles. The van der Waals surface area contributed by atoms with Gasteiger partial charge in [-0.2, -0.15) is 18.2 Å². The largest absolute Gasteiger partial charge is 0.433 e. The van der Waals surface area contributed by atoms with E-state index in [9.17, 15) is 13.2 Å². The zero-order valence-corrected chi connectivity index (χ0v) is 18.2. The zero-order chi connectivity index (χ0) is 22.7. The summed E-state index contributed by atoms with van der Waals surface area (Å²) in [4.78, 5) is 9.83. The molecule has 3 aromatic rings. The second-order valence-electron chi connectivity index (χ2n) is 7.60. The molecule has 2 N–H and O–H groups in total. The molecule has 4 rings (SSSR count). The first kappa shape index (κ1) is 22.0. The molecule has 166 valence electrons. The third-order valence-corrected chi connectivity index (χ3v) is 5.55. The number of rotatable bonds is 4. The number of benzene rings is 2. The van der Waals surface area contributed by atoms with Crippen LogP contribution < -0.4 is 15.5 Å². The maximum Gasteiger partial charge on any atom is 0.433 e. The summed E-state index contributed by atoms with van der Waals surface area (Å²) in [5.74, 6) is 0.0229. The molecule has 0 aliphatic carbocycles. The molecule has 0 amide bonds. The number of hydrogen-bond acceptors (Lipinski definition) is 4. The van der Waals surface area contributed by atoms with Crippen molar-refractivity contribution in [2.75, 3.05) is 16.8 Å². The molecule has 1 aliphatic heterocycles. The van der Waals surface area contributed by atoms with E-state index in [0.717, 1.165) is 23.6 Å². The fourth-order valence-corrected chi connectivity index (χ4v) is 3.92. The highest BCUT2D eigenvalue weighted by Gasteiger charge is 2.34. The van der Waals surface area contributed by atoms with Gasteiger partial charge in [-0.05, 0) is 42.3 Å². The van der Waals surface area contributed by atoms with Gasteiger partial charge < -0.3 is 15.5 Å². The second-order valence-corrected chi connectivity index (χ2v) is 8.01. The summed E-state index contributed by atoms with van der Waals surface area (Å²) in [5.41, 5.74) is 2.26. The molecule has 0 fully saturated rings. The van der Waals surface area contributed by atoms with E-state index < -0.39 is 11.9 Å². The molecule has 1 aromatic heterocycles. The molecule has 32 heavy (non-hydrogen) atoms. The summed E-state index contributed by atoms with van der Waals surface area (Å²) >= 11 is 5.30. The van der Waals surface area contributed by atoms with E-state index in [0.29, 0.717) is 13.1 Å². The van der Waals surface area contributed by atoms with Crippen molar-refractivity contribution in [3.63, 3.8) is 0 Å². The first-order valence-corrected chi connectivity index (χ1v) is 10.6. The maximum absolute atomic E-state index is 13.5. The third kappa shape index (κ3) is 5.16. The predicted octanol–water partition coefficient (Wildman–Crippen LogP) is 5.11. The lowest BCUT2D eigenvalue weighted by atomic mass is 10.00. The summed E-state index contributed by atoms with van der Waals surface area (Å²) < 4.78 is 40.6. The molecule has 1 atom stereocenters. The van der Waals surface area contributed by atoms with Crippen LogP contribution in [0.5, 0.6) is 0 Å². The van der Waals surface area contributed by atoms with Crippen molar-refractivity contribution in [1.29, 1.82) is 0 Å². The first-order chi connectivity index (χ1) is 15.3. The first-order valence-electron chi connectivity index (χ1n) is 10.2. The van der Waals surface area contributed by atoms with Gasteiger partial charge >= 0.3 is 6.18 Å². The summed E-state index contributed by atoms with van der Waals surface area (Å²) in [7, 11) is 0. The minimum absolute atomic E-state index is 0.139. The molecule has 0 bridgehead atoms. The van der Waals surface area contributed by atoms with Gasteiger partial charge in [0.2, 0.25) is 5.95 Å². The molecular formula is C23H22F3N5S. The van der Waals surface area contributed by atoms with E-state index in [1.165, 1.54) is 5.56 Å². The number of anilines is 2. The number of nitrogens with one attached hydrogen (secondary N) is 2. The van der Waals surface area contributed by atoms with Gasteiger partial charge in [0.05, 0.1) is 6.04 Å². The predicted molar refractivity (Wildman–Crippen MR) is 122 cm³/mol. The molecule has 2 heterocycles. The quantitative estimate of drug-likeness (QED) is 0.532. The lowest BCUT2D eigenvalue weighted by molar-refractivity contribution is -0.141. The van der Waals surface area contributed by atoms with Crippen molar-refractivity contribution in [3.05, 3.63) is 83.0 Å². The Morgan fingerprint density at radius 2 is 1.72 bits per heavy atom. The third-order valence-electron chi connectivity index (χ3n) is 5.33. The average Bonchev–Trinajstić information content (AvgIpc) is 2.78. The molecule has 9 heteroatoms. The summed E-state index contributed by atoms with van der Waals surface area (Å²) in [6.45, 7) is 2.96. The Balaban J connectivity index is 1.55. The van der Waals surface area contributed by atoms with Crippen molar-refractivity contribution in [2.24, 2.45) is 0 Å². The van der Waals surface area contributed by atoms with Crippen LogP contribution in [0, 0.1) is 0 Å². The standard InChI is InChI=1S/C23H22F3N5S/c1-15(16-7-3-2-4-8-16)27-22(32)30-21-28-19(23(24,25)26)13-20(29-21)31-12-11-17-9-5-6-10-18(17)14-31/h2-10,13,15H,11-12,14H2,1H3,(H2,27,28,29,30,32)/t15-/m1/s1. The highest BCUT2D eigenvalue weighted by atomic mass is 32.1. The van der Waals surface area contributed by atoms with Gasteiger partial charge in [-0.3, -0.25) is 0 Å². The lowest BCUT2D eigenvalue weighted by Crippen LogP contribution is -2.33. The molecule has 0 spiro atoms. The number of halogens is 3. The normalized spacial score (nSPS) is 14.4. The number of thiocarbonyl (C=S) groups is 1. The van der Waals surface area contributed by atoms with Crippen molar-refractivity contribution in [3.8, 4) is 0 Å². The Morgan fingerprint density at radius 1 is 1.03 bits per heavy atom. The molecule has 5 nitrogen and oxygen atoms in total. The van der Waals surface area contributed by atoms with Gasteiger partial charge in [-0.1, -0.05) is 54.6 Å². The molecule has 0 saturated carbocycles. The van der Waals surface area contributed by atoms with Gasteiger partial charge in [0.25, 0.3) is 0 Å². The minimum Gasteiger partial charge on any atom is -0.356 e. The SMILES string of the molecule is C[C@@H](NC(=S)Nc1nc(N2CCc3ccccc3C2)cc(C(F)(F)F)n1)c1ccccc1. The highest BCUT2D eigenvalue weighted by molar-refractivity contribution is 7.80. The fraction of sp³-hybridized carbons (Fsp3) is 0.261. The average molecular weight is 458 g/mol. The zero-order valence-electron chi connectivity index (χ0n) is 17.4. The van der Waals surface area contributed by atoms with Crippen LogP contribution >= 0.6 is 12.2 Å². The van der Waals surface area contributed by atoms with Crippen LogP contribution in [0.3, 0.4) is 0 Å². The van der Waals surface area contributed by atoms with Crippen molar-refractivity contribution >= 4 is 29.1 Å². The molecule has 0 radical (unpaired) electrons. The van der Waals surface area contributed by atoms with Crippen LogP contribution in [0.1, 0.15) is 35.3 Å². The van der Waals surface area contributed by atoms with E-state index >= 15 is 0 Å². The van der Waals surface area contributed by atoms with Crippen LogP contribution in [0.25, 0.3) is 0 Å². The number of aromatic nitrogens is 2. The Kier molecular flexibility index (Phi) is 6.27. The molecule has 2 aromatic carbocycles. The maximum atomic E-state index is 13.5. The van der Waals surface area contributed by atoms with Gasteiger partial charge in [0.1, 0.15) is 5.82 Å². The van der Waals surface area contributed by atoms with Crippen molar-refractivity contribution in [1.82, 2.24) is 15.3 Å². The fourth-order valence-electron chi connectivity index (χ4n) is 3.65. The van der Waals surface area contributed by atoms with Crippen LogP contribution in [0.4, 0.5) is 24.9 Å². The van der Waals surface area contributed by atoms with Crippen LogP contribution in [-0.4, -0.2) is 21.6 Å². The Bertz CT molecular complexity index is 1100. The van der Waals surface area contributed by atoms with Gasteiger partial charge in [0, 0.05) is 19.2 Å². The summed E-state index contributed by atoms with van der Waals surface area (Å²) in [6.07, 6.45) is -3.87. The van der Waals surface area contributed by atoms with E-state index in [2.05, 4.69) is 20.6 Å². The van der Waals surface area contributed by atoms with Gasteiger partial charge in [0.15, 0.2) is 10.8 Å². The highest BCUT2D eigenvalue weighted by Crippen LogP contribution is 2.32. The van der Waals surface area contributed by atoms with Crippen LogP contribution in [-0.2, 0) is 19.1 Å². The Hall–Kier alpha value is -3.20. The lowest BCUT2D eigenvalue weighted by Gasteiger charge is -2.30. The smallest absolute Gasteiger partial charge is 0.356 e. The molecular weight excluding hydrogens is 435 g/mol. The minimum atomic E-state index is -4.60. The number of alkyl halides is 3. The second kappa shape index (κ2) is 9.12. The topological polar surface area (TPSA) is 53.1 Å².